The highest BCUT2D eigenvalue weighted by Gasteiger charge is 2.17. The van der Waals surface area contributed by atoms with Crippen molar-refractivity contribution in [2.75, 3.05) is 25.1 Å². The van der Waals surface area contributed by atoms with Crippen LogP contribution in [0.2, 0.25) is 0 Å². The first-order chi connectivity index (χ1) is 11.7. The molecule has 5 heteroatoms. The van der Waals surface area contributed by atoms with Crippen LogP contribution in [0, 0.1) is 6.92 Å². The van der Waals surface area contributed by atoms with E-state index >= 15 is 0 Å². The number of carbonyl (C=O) groups excluding carboxylic acids is 1. The normalized spacial score (nSPS) is 17.3. The van der Waals surface area contributed by atoms with Crippen LogP contribution in [-0.2, 0) is 9.53 Å². The van der Waals surface area contributed by atoms with Crippen molar-refractivity contribution < 1.29 is 14.3 Å². The molecule has 1 atom stereocenters. The average molecular weight is 326 g/mol. The van der Waals surface area contributed by atoms with E-state index in [-0.39, 0.29) is 11.9 Å². The number of rotatable bonds is 5. The molecule has 1 fully saturated rings. The molecule has 3 rings (SSSR count). The Labute approximate surface area is 142 Å². The Kier molecular flexibility index (Phi) is 5.46. The van der Waals surface area contributed by atoms with E-state index in [2.05, 4.69) is 10.6 Å². The molecule has 1 amide bonds. The van der Waals surface area contributed by atoms with Crippen LogP contribution in [-0.4, -0.2) is 31.7 Å². The summed E-state index contributed by atoms with van der Waals surface area (Å²) in [6, 6.07) is 15.3. The van der Waals surface area contributed by atoms with Gasteiger partial charge in [-0.2, -0.15) is 0 Å². The highest BCUT2D eigenvalue weighted by Crippen LogP contribution is 2.29. The fourth-order valence-corrected chi connectivity index (χ4v) is 2.57. The topological polar surface area (TPSA) is 59.6 Å². The molecule has 0 spiro atoms. The van der Waals surface area contributed by atoms with Crippen molar-refractivity contribution >= 4 is 11.6 Å². The van der Waals surface area contributed by atoms with Crippen LogP contribution in [0.1, 0.15) is 12.0 Å². The van der Waals surface area contributed by atoms with Gasteiger partial charge in [0.15, 0.2) is 5.75 Å². The SMILES string of the molecule is Cc1ccc(Oc2ccccc2NC(=O)CC2COCCN2)cc1. The zero-order chi connectivity index (χ0) is 16.8. The van der Waals surface area contributed by atoms with Crippen molar-refractivity contribution in [3.8, 4) is 11.5 Å². The number of benzene rings is 2. The van der Waals surface area contributed by atoms with Gasteiger partial charge in [0, 0.05) is 19.0 Å². The lowest BCUT2D eigenvalue weighted by atomic mass is 10.2. The Morgan fingerprint density at radius 2 is 2.04 bits per heavy atom. The van der Waals surface area contributed by atoms with E-state index in [1.165, 1.54) is 5.56 Å². The Morgan fingerprint density at radius 3 is 2.79 bits per heavy atom. The molecule has 1 aliphatic rings. The first-order valence-electron chi connectivity index (χ1n) is 8.15. The lowest BCUT2D eigenvalue weighted by molar-refractivity contribution is -0.117. The number of ether oxygens (including phenoxy) is 2. The highest BCUT2D eigenvalue weighted by molar-refractivity contribution is 5.92. The molecule has 126 valence electrons. The van der Waals surface area contributed by atoms with Gasteiger partial charge in [0.1, 0.15) is 5.75 Å². The summed E-state index contributed by atoms with van der Waals surface area (Å²) in [5, 5.41) is 6.21. The van der Waals surface area contributed by atoms with E-state index in [4.69, 9.17) is 9.47 Å². The fraction of sp³-hybridized carbons (Fsp3) is 0.316. The van der Waals surface area contributed by atoms with Crippen molar-refractivity contribution in [2.24, 2.45) is 0 Å². The number of hydrogen-bond acceptors (Lipinski definition) is 4. The predicted octanol–water partition coefficient (Wildman–Crippen LogP) is 3.10. The van der Waals surface area contributed by atoms with Crippen LogP contribution in [0.3, 0.4) is 0 Å². The molecule has 1 heterocycles. The van der Waals surface area contributed by atoms with Crippen molar-refractivity contribution in [3.05, 3.63) is 54.1 Å². The second-order valence-electron chi connectivity index (χ2n) is 5.89. The van der Waals surface area contributed by atoms with Gasteiger partial charge in [0.25, 0.3) is 0 Å². The third-order valence-electron chi connectivity index (χ3n) is 3.84. The molecule has 2 aromatic rings. The molecular weight excluding hydrogens is 304 g/mol. The molecule has 0 bridgehead atoms. The standard InChI is InChI=1S/C19H22N2O3/c1-14-6-8-16(9-7-14)24-18-5-3-2-4-17(18)21-19(22)12-15-13-23-11-10-20-15/h2-9,15,20H,10-13H2,1H3,(H,21,22). The number of anilines is 1. The quantitative estimate of drug-likeness (QED) is 0.886. The smallest absolute Gasteiger partial charge is 0.226 e. The molecule has 1 unspecified atom stereocenters. The van der Waals surface area contributed by atoms with Gasteiger partial charge in [-0.3, -0.25) is 4.79 Å². The summed E-state index contributed by atoms with van der Waals surface area (Å²) >= 11 is 0. The van der Waals surface area contributed by atoms with Crippen molar-refractivity contribution in [1.29, 1.82) is 0 Å². The molecule has 1 saturated heterocycles. The van der Waals surface area contributed by atoms with Gasteiger partial charge >= 0.3 is 0 Å². The predicted molar refractivity (Wildman–Crippen MR) is 93.6 cm³/mol. The molecule has 0 aliphatic carbocycles. The second-order valence-corrected chi connectivity index (χ2v) is 5.89. The van der Waals surface area contributed by atoms with Crippen LogP contribution < -0.4 is 15.4 Å². The molecule has 5 nitrogen and oxygen atoms in total. The number of aryl methyl sites for hydroxylation is 1. The van der Waals surface area contributed by atoms with Gasteiger partial charge in [0.05, 0.1) is 18.9 Å². The second kappa shape index (κ2) is 7.95. The third-order valence-corrected chi connectivity index (χ3v) is 3.84. The van der Waals surface area contributed by atoms with E-state index in [0.29, 0.717) is 31.1 Å². The Bertz CT molecular complexity index is 679. The van der Waals surface area contributed by atoms with E-state index in [1.54, 1.807) is 0 Å². The molecule has 0 aromatic heterocycles. The minimum absolute atomic E-state index is 0.0574. The van der Waals surface area contributed by atoms with Crippen molar-refractivity contribution in [2.45, 2.75) is 19.4 Å². The summed E-state index contributed by atoms with van der Waals surface area (Å²) in [6.45, 7) is 4.08. The maximum absolute atomic E-state index is 12.3. The van der Waals surface area contributed by atoms with Crippen LogP contribution in [0.5, 0.6) is 11.5 Å². The fourth-order valence-electron chi connectivity index (χ4n) is 2.57. The lowest BCUT2D eigenvalue weighted by Crippen LogP contribution is -2.43. The van der Waals surface area contributed by atoms with Gasteiger partial charge in [0.2, 0.25) is 5.91 Å². The van der Waals surface area contributed by atoms with Crippen LogP contribution in [0.15, 0.2) is 48.5 Å². The summed E-state index contributed by atoms with van der Waals surface area (Å²) < 4.78 is 11.3. The van der Waals surface area contributed by atoms with Gasteiger partial charge < -0.3 is 20.1 Å². The summed E-state index contributed by atoms with van der Waals surface area (Å²) in [6.07, 6.45) is 0.374. The third kappa shape index (κ3) is 4.57. The van der Waals surface area contributed by atoms with E-state index < -0.39 is 0 Å². The maximum Gasteiger partial charge on any atom is 0.226 e. The van der Waals surface area contributed by atoms with Gasteiger partial charge in [-0.1, -0.05) is 29.8 Å². The van der Waals surface area contributed by atoms with E-state index in [9.17, 15) is 4.79 Å². The van der Waals surface area contributed by atoms with Gasteiger partial charge in [-0.15, -0.1) is 0 Å². The molecule has 1 aliphatic heterocycles. The van der Waals surface area contributed by atoms with Crippen LogP contribution in [0.25, 0.3) is 0 Å². The minimum atomic E-state index is -0.0574. The summed E-state index contributed by atoms with van der Waals surface area (Å²) in [4.78, 5) is 12.3. The number of para-hydroxylation sites is 2. The molecule has 2 aromatic carbocycles. The van der Waals surface area contributed by atoms with Crippen LogP contribution >= 0.6 is 0 Å². The summed E-state index contributed by atoms with van der Waals surface area (Å²) in [5.74, 6) is 1.31. The van der Waals surface area contributed by atoms with Gasteiger partial charge in [-0.25, -0.2) is 0 Å². The first-order valence-corrected chi connectivity index (χ1v) is 8.15. The minimum Gasteiger partial charge on any atom is -0.455 e. The van der Waals surface area contributed by atoms with Crippen LogP contribution in [0.4, 0.5) is 5.69 Å². The molecular formula is C19H22N2O3. The Balaban J connectivity index is 1.64. The van der Waals surface area contributed by atoms with E-state index in [1.807, 2.05) is 55.5 Å². The first kappa shape index (κ1) is 16.5. The van der Waals surface area contributed by atoms with Gasteiger partial charge in [-0.05, 0) is 31.2 Å². The summed E-state index contributed by atoms with van der Waals surface area (Å²) in [5.41, 5.74) is 1.84. The zero-order valence-electron chi connectivity index (χ0n) is 13.7. The molecule has 2 N–H and O–H groups in total. The molecule has 0 saturated carbocycles. The zero-order valence-corrected chi connectivity index (χ0v) is 13.7. The monoisotopic (exact) mass is 326 g/mol. The maximum atomic E-state index is 12.3. The van der Waals surface area contributed by atoms with E-state index in [0.717, 1.165) is 12.3 Å². The molecule has 24 heavy (non-hydrogen) atoms. The Hall–Kier alpha value is -2.37. The number of carbonyl (C=O) groups is 1. The van der Waals surface area contributed by atoms with Crippen molar-refractivity contribution in [3.63, 3.8) is 0 Å². The number of hydrogen-bond donors (Lipinski definition) is 2. The van der Waals surface area contributed by atoms with Crippen molar-refractivity contribution in [1.82, 2.24) is 5.32 Å². The largest absolute Gasteiger partial charge is 0.455 e. The Morgan fingerprint density at radius 1 is 1.25 bits per heavy atom. The summed E-state index contributed by atoms with van der Waals surface area (Å²) in [7, 11) is 0. The highest BCUT2D eigenvalue weighted by atomic mass is 16.5. The number of amides is 1. The number of nitrogens with one attached hydrogen (secondary N) is 2. The average Bonchev–Trinajstić information content (AvgIpc) is 2.59. The lowest BCUT2D eigenvalue weighted by Gasteiger charge is -2.23. The number of morpholine rings is 1. The molecule has 0 radical (unpaired) electrons.